The molecule has 1 amide bonds. The van der Waals surface area contributed by atoms with Gasteiger partial charge in [0, 0.05) is 30.6 Å². The fraction of sp³-hybridized carbons (Fsp3) is 0.545. The van der Waals surface area contributed by atoms with E-state index in [2.05, 4.69) is 10.5 Å². The van der Waals surface area contributed by atoms with Gasteiger partial charge in [-0.05, 0) is 51.1 Å². The summed E-state index contributed by atoms with van der Waals surface area (Å²) in [6.45, 7) is 2.54. The van der Waals surface area contributed by atoms with Gasteiger partial charge in [0.15, 0.2) is 5.69 Å². The standard InChI is InChI=1S/C22H30N4O4S/c1-15-13-18(24-22(27)19-14-20(30-25-19)16-7-8-16)10-12-26(15)31(28,29)21(9-11-23)17-5-3-2-4-6-17/h2-6,14-16,18,21H,7-13,23H2,1H3,(H,24,27)/t15-,18+,21?/m1/s1. The monoisotopic (exact) mass is 446 g/mol. The number of carbonyl (C=O) groups is 1. The lowest BCUT2D eigenvalue weighted by Crippen LogP contribution is -2.51. The summed E-state index contributed by atoms with van der Waals surface area (Å²) in [4.78, 5) is 12.6. The van der Waals surface area contributed by atoms with Crippen LogP contribution in [0.5, 0.6) is 0 Å². The van der Waals surface area contributed by atoms with Crippen LogP contribution in [0.3, 0.4) is 0 Å². The first-order chi connectivity index (χ1) is 14.9. The van der Waals surface area contributed by atoms with Crippen LogP contribution < -0.4 is 11.1 Å². The van der Waals surface area contributed by atoms with E-state index in [1.165, 1.54) is 0 Å². The number of sulfonamides is 1. The molecule has 0 radical (unpaired) electrons. The van der Waals surface area contributed by atoms with Crippen LogP contribution in [-0.2, 0) is 10.0 Å². The molecule has 4 rings (SSSR count). The molecule has 168 valence electrons. The van der Waals surface area contributed by atoms with Gasteiger partial charge in [-0.2, -0.15) is 4.31 Å². The highest BCUT2D eigenvalue weighted by molar-refractivity contribution is 7.89. The molecule has 3 atom stereocenters. The molecule has 2 aliphatic rings. The molecule has 31 heavy (non-hydrogen) atoms. The molecule has 1 aromatic heterocycles. The summed E-state index contributed by atoms with van der Waals surface area (Å²) in [5.41, 5.74) is 6.79. The third-order valence-electron chi connectivity index (χ3n) is 6.18. The van der Waals surface area contributed by atoms with Crippen molar-refractivity contribution in [2.24, 2.45) is 5.73 Å². The molecule has 1 saturated carbocycles. The summed E-state index contributed by atoms with van der Waals surface area (Å²) in [7, 11) is -3.58. The van der Waals surface area contributed by atoms with Crippen molar-refractivity contribution in [2.75, 3.05) is 13.1 Å². The first-order valence-corrected chi connectivity index (χ1v) is 12.4. The van der Waals surface area contributed by atoms with Crippen LogP contribution in [0.15, 0.2) is 40.9 Å². The van der Waals surface area contributed by atoms with Crippen LogP contribution in [0.2, 0.25) is 0 Å². The SMILES string of the molecule is C[C@@H]1C[C@@H](NC(=O)c2cc(C3CC3)on2)CCN1S(=O)(=O)C(CCN)c1ccccc1. The Morgan fingerprint density at radius 3 is 2.68 bits per heavy atom. The Morgan fingerprint density at radius 2 is 2.03 bits per heavy atom. The van der Waals surface area contributed by atoms with Crippen molar-refractivity contribution in [3.05, 3.63) is 53.4 Å². The summed E-state index contributed by atoms with van der Waals surface area (Å²) >= 11 is 0. The fourth-order valence-electron chi connectivity index (χ4n) is 4.35. The van der Waals surface area contributed by atoms with Crippen molar-refractivity contribution >= 4 is 15.9 Å². The number of amides is 1. The molecule has 1 aliphatic carbocycles. The molecular formula is C22H30N4O4S. The minimum atomic E-state index is -3.58. The van der Waals surface area contributed by atoms with Gasteiger partial charge in [-0.15, -0.1) is 0 Å². The fourth-order valence-corrected chi connectivity index (χ4v) is 6.56. The summed E-state index contributed by atoms with van der Waals surface area (Å²) in [5, 5.41) is 6.22. The van der Waals surface area contributed by atoms with Gasteiger partial charge in [-0.3, -0.25) is 4.79 Å². The van der Waals surface area contributed by atoms with E-state index in [1.807, 2.05) is 37.3 Å². The van der Waals surface area contributed by atoms with Crippen molar-refractivity contribution in [3.63, 3.8) is 0 Å². The molecule has 0 bridgehead atoms. The number of nitrogens with zero attached hydrogens (tertiary/aromatic N) is 2. The van der Waals surface area contributed by atoms with E-state index >= 15 is 0 Å². The lowest BCUT2D eigenvalue weighted by Gasteiger charge is -2.38. The van der Waals surface area contributed by atoms with Crippen LogP contribution in [0.25, 0.3) is 0 Å². The van der Waals surface area contributed by atoms with Crippen molar-refractivity contribution < 1.29 is 17.7 Å². The topological polar surface area (TPSA) is 119 Å². The van der Waals surface area contributed by atoms with Gasteiger partial charge in [0.05, 0.1) is 0 Å². The number of nitrogens with two attached hydrogens (primary N) is 1. The van der Waals surface area contributed by atoms with E-state index in [0.29, 0.717) is 38.3 Å². The third kappa shape index (κ3) is 4.83. The molecule has 2 heterocycles. The predicted octanol–water partition coefficient (Wildman–Crippen LogP) is 2.55. The molecule has 1 aliphatic heterocycles. The zero-order chi connectivity index (χ0) is 22.0. The van der Waals surface area contributed by atoms with Crippen LogP contribution in [0.1, 0.15) is 72.0 Å². The van der Waals surface area contributed by atoms with Crippen molar-refractivity contribution in [1.82, 2.24) is 14.8 Å². The molecule has 3 N–H and O–H groups in total. The molecule has 0 spiro atoms. The van der Waals surface area contributed by atoms with E-state index in [4.69, 9.17) is 10.3 Å². The van der Waals surface area contributed by atoms with Gasteiger partial charge in [0.2, 0.25) is 10.0 Å². The number of hydrogen-bond donors (Lipinski definition) is 2. The van der Waals surface area contributed by atoms with Crippen LogP contribution in [0, 0.1) is 0 Å². The van der Waals surface area contributed by atoms with Crippen molar-refractivity contribution in [2.45, 2.75) is 62.3 Å². The lowest BCUT2D eigenvalue weighted by atomic mass is 10.0. The summed E-state index contributed by atoms with van der Waals surface area (Å²) in [6.07, 6.45) is 3.62. The van der Waals surface area contributed by atoms with E-state index in [0.717, 1.165) is 24.2 Å². The Morgan fingerprint density at radius 1 is 1.29 bits per heavy atom. The van der Waals surface area contributed by atoms with E-state index in [-0.39, 0.29) is 23.7 Å². The zero-order valence-electron chi connectivity index (χ0n) is 17.7. The van der Waals surface area contributed by atoms with Gasteiger partial charge >= 0.3 is 0 Å². The molecule has 8 nitrogen and oxygen atoms in total. The van der Waals surface area contributed by atoms with Gasteiger partial charge in [0.1, 0.15) is 11.0 Å². The van der Waals surface area contributed by atoms with Crippen LogP contribution in [-0.4, -0.2) is 49.0 Å². The first kappa shape index (κ1) is 22.0. The Balaban J connectivity index is 1.41. The average molecular weight is 447 g/mol. The Bertz CT molecular complexity index is 1000. The average Bonchev–Trinajstić information content (AvgIpc) is 3.48. The Labute approximate surface area is 183 Å². The second kappa shape index (κ2) is 9.10. The quantitative estimate of drug-likeness (QED) is 0.643. The molecule has 2 aromatic rings. The van der Waals surface area contributed by atoms with Crippen LogP contribution >= 0.6 is 0 Å². The molecule has 1 saturated heterocycles. The highest BCUT2D eigenvalue weighted by atomic mass is 32.2. The van der Waals surface area contributed by atoms with Crippen molar-refractivity contribution in [1.29, 1.82) is 0 Å². The zero-order valence-corrected chi connectivity index (χ0v) is 18.6. The largest absolute Gasteiger partial charge is 0.360 e. The Hall–Kier alpha value is -2.23. The number of aromatic nitrogens is 1. The summed E-state index contributed by atoms with van der Waals surface area (Å²) in [6, 6.07) is 10.6. The molecule has 1 unspecified atom stereocenters. The van der Waals surface area contributed by atoms with Crippen LogP contribution in [0.4, 0.5) is 0 Å². The molecule has 1 aromatic carbocycles. The van der Waals surface area contributed by atoms with Gasteiger partial charge in [0.25, 0.3) is 5.91 Å². The van der Waals surface area contributed by atoms with E-state index in [1.54, 1.807) is 10.4 Å². The number of carbonyl (C=O) groups excluding carboxylic acids is 1. The normalized spacial score (nSPS) is 23.4. The molecule has 2 fully saturated rings. The predicted molar refractivity (Wildman–Crippen MR) is 117 cm³/mol. The third-order valence-corrected chi connectivity index (χ3v) is 8.60. The van der Waals surface area contributed by atoms with E-state index < -0.39 is 15.3 Å². The van der Waals surface area contributed by atoms with Gasteiger partial charge in [-0.1, -0.05) is 35.5 Å². The second-order valence-corrected chi connectivity index (χ2v) is 10.6. The summed E-state index contributed by atoms with van der Waals surface area (Å²) in [5.74, 6) is 0.898. The highest BCUT2D eigenvalue weighted by Crippen LogP contribution is 2.40. The number of benzene rings is 1. The van der Waals surface area contributed by atoms with E-state index in [9.17, 15) is 13.2 Å². The number of rotatable bonds is 8. The molecule has 9 heteroatoms. The number of nitrogens with one attached hydrogen (secondary N) is 1. The number of piperidine rings is 1. The van der Waals surface area contributed by atoms with Gasteiger partial charge < -0.3 is 15.6 Å². The molecular weight excluding hydrogens is 416 g/mol. The highest BCUT2D eigenvalue weighted by Gasteiger charge is 2.39. The van der Waals surface area contributed by atoms with Gasteiger partial charge in [-0.25, -0.2) is 8.42 Å². The van der Waals surface area contributed by atoms with Crippen molar-refractivity contribution in [3.8, 4) is 0 Å². The first-order valence-electron chi connectivity index (χ1n) is 10.9. The number of hydrogen-bond acceptors (Lipinski definition) is 6. The summed E-state index contributed by atoms with van der Waals surface area (Å²) < 4.78 is 33.8. The maximum absolute atomic E-state index is 13.5. The lowest BCUT2D eigenvalue weighted by molar-refractivity contribution is 0.0905. The minimum absolute atomic E-state index is 0.111. The Kier molecular flexibility index (Phi) is 6.45. The smallest absolute Gasteiger partial charge is 0.273 e. The minimum Gasteiger partial charge on any atom is -0.360 e. The maximum Gasteiger partial charge on any atom is 0.273 e. The second-order valence-electron chi connectivity index (χ2n) is 8.56. The maximum atomic E-state index is 13.5.